The minimum absolute atomic E-state index is 0.0965. The molecule has 106 valence electrons. The molecule has 0 aliphatic carbocycles. The molecule has 0 fully saturated rings. The second-order valence-corrected chi connectivity index (χ2v) is 5.98. The van der Waals surface area contributed by atoms with E-state index >= 15 is 0 Å². The summed E-state index contributed by atoms with van der Waals surface area (Å²) >= 11 is 0. The second kappa shape index (κ2) is 5.42. The molecule has 20 heavy (non-hydrogen) atoms. The Balaban J connectivity index is 2.32. The Morgan fingerprint density at radius 2 is 1.75 bits per heavy atom. The summed E-state index contributed by atoms with van der Waals surface area (Å²) in [5, 5.41) is 9.68. The van der Waals surface area contributed by atoms with Gasteiger partial charge in [0.25, 0.3) is 10.0 Å². The van der Waals surface area contributed by atoms with Crippen LogP contribution in [0.25, 0.3) is 0 Å². The van der Waals surface area contributed by atoms with Crippen molar-refractivity contribution in [3.8, 4) is 11.5 Å². The van der Waals surface area contributed by atoms with Gasteiger partial charge < -0.3 is 9.84 Å². The van der Waals surface area contributed by atoms with Crippen LogP contribution in [-0.4, -0.2) is 20.6 Å². The molecule has 0 heterocycles. The van der Waals surface area contributed by atoms with Crippen LogP contribution >= 0.6 is 0 Å². The molecular formula is C14H15NO4S. The van der Waals surface area contributed by atoms with Gasteiger partial charge in [0.2, 0.25) is 0 Å². The number of aryl methyl sites for hydroxylation is 1. The normalized spacial score (nSPS) is 11.1. The quantitative estimate of drug-likeness (QED) is 0.849. The average Bonchev–Trinajstić information content (AvgIpc) is 2.43. The smallest absolute Gasteiger partial charge is 0.262 e. The summed E-state index contributed by atoms with van der Waals surface area (Å²) in [6, 6.07) is 10.7. The largest absolute Gasteiger partial charge is 0.506 e. The summed E-state index contributed by atoms with van der Waals surface area (Å²) in [7, 11) is -2.24. The number of phenols is 1. The van der Waals surface area contributed by atoms with Crippen molar-refractivity contribution in [3.63, 3.8) is 0 Å². The fourth-order valence-electron chi connectivity index (χ4n) is 1.69. The highest BCUT2D eigenvalue weighted by atomic mass is 32.2. The average molecular weight is 293 g/mol. The molecule has 2 aromatic rings. The Bertz CT molecular complexity index is 708. The van der Waals surface area contributed by atoms with E-state index in [1.54, 1.807) is 24.3 Å². The van der Waals surface area contributed by atoms with E-state index in [-0.39, 0.29) is 16.3 Å². The zero-order chi connectivity index (χ0) is 14.8. The van der Waals surface area contributed by atoms with Gasteiger partial charge in [-0.05, 0) is 48.9 Å². The lowest BCUT2D eigenvalue weighted by Crippen LogP contribution is -2.13. The third kappa shape index (κ3) is 3.03. The molecule has 0 unspecified atom stereocenters. The maximum atomic E-state index is 12.2. The monoisotopic (exact) mass is 293 g/mol. The first-order valence-electron chi connectivity index (χ1n) is 5.89. The van der Waals surface area contributed by atoms with Crippen LogP contribution in [0.15, 0.2) is 47.4 Å². The van der Waals surface area contributed by atoms with Crippen molar-refractivity contribution in [2.75, 3.05) is 11.8 Å². The molecule has 0 atom stereocenters. The molecule has 2 aromatic carbocycles. The van der Waals surface area contributed by atoms with E-state index in [4.69, 9.17) is 4.74 Å². The molecule has 0 amide bonds. The summed E-state index contributed by atoms with van der Waals surface area (Å²) in [5.41, 5.74) is 0.996. The lowest BCUT2D eigenvalue weighted by atomic mass is 10.2. The molecule has 5 nitrogen and oxygen atoms in total. The fourth-order valence-corrected chi connectivity index (χ4v) is 2.76. The molecule has 0 aromatic heterocycles. The Morgan fingerprint density at radius 1 is 1.10 bits per heavy atom. The van der Waals surface area contributed by atoms with Gasteiger partial charge in [-0.1, -0.05) is 6.07 Å². The van der Waals surface area contributed by atoms with Gasteiger partial charge in [-0.2, -0.15) is 0 Å². The number of nitrogens with one attached hydrogen (secondary N) is 1. The summed E-state index contributed by atoms with van der Waals surface area (Å²) < 4.78 is 31.7. The van der Waals surface area contributed by atoms with E-state index in [0.717, 1.165) is 5.56 Å². The Labute approximate surface area is 117 Å². The van der Waals surface area contributed by atoms with Gasteiger partial charge in [-0.3, -0.25) is 4.72 Å². The second-order valence-electron chi connectivity index (χ2n) is 4.30. The fraction of sp³-hybridized carbons (Fsp3) is 0.143. The van der Waals surface area contributed by atoms with Crippen molar-refractivity contribution < 1.29 is 18.3 Å². The summed E-state index contributed by atoms with van der Waals surface area (Å²) in [5.74, 6) is 0.454. The Morgan fingerprint density at radius 3 is 2.35 bits per heavy atom. The van der Waals surface area contributed by atoms with E-state index in [1.165, 1.54) is 25.3 Å². The van der Waals surface area contributed by atoms with Crippen LogP contribution < -0.4 is 9.46 Å². The highest BCUT2D eigenvalue weighted by Gasteiger charge is 2.16. The van der Waals surface area contributed by atoms with Gasteiger partial charge in [-0.25, -0.2) is 8.42 Å². The number of rotatable bonds is 4. The number of methoxy groups -OCH3 is 1. The maximum Gasteiger partial charge on any atom is 0.262 e. The third-order valence-electron chi connectivity index (χ3n) is 2.77. The van der Waals surface area contributed by atoms with E-state index in [9.17, 15) is 13.5 Å². The van der Waals surface area contributed by atoms with Crippen LogP contribution in [0.5, 0.6) is 11.5 Å². The van der Waals surface area contributed by atoms with Crippen LogP contribution in [-0.2, 0) is 10.0 Å². The van der Waals surface area contributed by atoms with E-state index < -0.39 is 10.0 Å². The topological polar surface area (TPSA) is 75.6 Å². The van der Waals surface area contributed by atoms with Gasteiger partial charge in [0.1, 0.15) is 11.5 Å². The molecule has 0 aliphatic rings. The first-order valence-corrected chi connectivity index (χ1v) is 7.37. The molecule has 2 rings (SSSR count). The predicted molar refractivity (Wildman–Crippen MR) is 76.6 cm³/mol. The first kappa shape index (κ1) is 14.2. The van der Waals surface area contributed by atoms with Gasteiger partial charge in [0, 0.05) is 0 Å². The number of phenolic OH excluding ortho intramolecular Hbond substituents is 1. The summed E-state index contributed by atoms with van der Waals surface area (Å²) in [6.07, 6.45) is 0. The number of sulfonamides is 1. The highest BCUT2D eigenvalue weighted by molar-refractivity contribution is 7.92. The van der Waals surface area contributed by atoms with Gasteiger partial charge in [0.15, 0.2) is 0 Å². The zero-order valence-corrected chi connectivity index (χ0v) is 11.9. The van der Waals surface area contributed by atoms with Crippen LogP contribution in [0.3, 0.4) is 0 Å². The Hall–Kier alpha value is -2.21. The lowest BCUT2D eigenvalue weighted by molar-refractivity contribution is 0.414. The predicted octanol–water partition coefficient (Wildman–Crippen LogP) is 2.51. The van der Waals surface area contributed by atoms with Crippen LogP contribution in [0.2, 0.25) is 0 Å². The van der Waals surface area contributed by atoms with Crippen molar-refractivity contribution in [3.05, 3.63) is 48.0 Å². The van der Waals surface area contributed by atoms with Crippen LogP contribution in [0, 0.1) is 6.92 Å². The van der Waals surface area contributed by atoms with Crippen molar-refractivity contribution >= 4 is 15.7 Å². The summed E-state index contributed by atoms with van der Waals surface area (Å²) in [6.45, 7) is 1.81. The SMILES string of the molecule is COc1ccc(S(=O)(=O)Nc2cc(C)ccc2O)cc1. The molecule has 6 heteroatoms. The zero-order valence-electron chi connectivity index (χ0n) is 11.1. The van der Waals surface area contributed by atoms with E-state index in [2.05, 4.69) is 4.72 Å². The minimum atomic E-state index is -3.74. The van der Waals surface area contributed by atoms with Crippen molar-refractivity contribution in [2.24, 2.45) is 0 Å². The van der Waals surface area contributed by atoms with E-state index in [1.807, 2.05) is 6.92 Å². The molecular weight excluding hydrogens is 278 g/mol. The van der Waals surface area contributed by atoms with Crippen molar-refractivity contribution in [2.45, 2.75) is 11.8 Å². The number of benzene rings is 2. The number of ether oxygens (including phenoxy) is 1. The maximum absolute atomic E-state index is 12.2. The summed E-state index contributed by atoms with van der Waals surface area (Å²) in [4.78, 5) is 0.0965. The molecule has 0 radical (unpaired) electrons. The van der Waals surface area contributed by atoms with Gasteiger partial charge >= 0.3 is 0 Å². The van der Waals surface area contributed by atoms with Gasteiger partial charge in [-0.15, -0.1) is 0 Å². The molecule has 0 spiro atoms. The number of hydrogen-bond donors (Lipinski definition) is 2. The number of aromatic hydroxyl groups is 1. The van der Waals surface area contributed by atoms with Crippen LogP contribution in [0.1, 0.15) is 5.56 Å². The molecule has 0 saturated carbocycles. The molecule has 0 aliphatic heterocycles. The highest BCUT2D eigenvalue weighted by Crippen LogP contribution is 2.27. The number of anilines is 1. The van der Waals surface area contributed by atoms with E-state index in [0.29, 0.717) is 5.75 Å². The lowest BCUT2D eigenvalue weighted by Gasteiger charge is -2.10. The van der Waals surface area contributed by atoms with Gasteiger partial charge in [0.05, 0.1) is 17.7 Å². The first-order chi connectivity index (χ1) is 9.42. The molecule has 0 saturated heterocycles. The van der Waals surface area contributed by atoms with Crippen molar-refractivity contribution in [1.82, 2.24) is 0 Å². The van der Waals surface area contributed by atoms with Crippen LogP contribution in [0.4, 0.5) is 5.69 Å². The third-order valence-corrected chi connectivity index (χ3v) is 4.15. The molecule has 0 bridgehead atoms. The number of hydrogen-bond acceptors (Lipinski definition) is 4. The Kier molecular flexibility index (Phi) is 3.85. The molecule has 2 N–H and O–H groups in total. The van der Waals surface area contributed by atoms with Crippen molar-refractivity contribution in [1.29, 1.82) is 0 Å². The standard InChI is InChI=1S/C14H15NO4S/c1-10-3-8-14(16)13(9-10)15-20(17,18)12-6-4-11(19-2)5-7-12/h3-9,15-16H,1-2H3. The minimum Gasteiger partial charge on any atom is -0.506 e.